The highest BCUT2D eigenvalue weighted by molar-refractivity contribution is 6.31. The fourth-order valence-corrected chi connectivity index (χ4v) is 2.43. The van der Waals surface area contributed by atoms with E-state index in [9.17, 15) is 15.2 Å². The van der Waals surface area contributed by atoms with Gasteiger partial charge in [0.15, 0.2) is 0 Å². The number of anilines is 1. The summed E-state index contributed by atoms with van der Waals surface area (Å²) in [4.78, 5) is 16.4. The van der Waals surface area contributed by atoms with Crippen molar-refractivity contribution >= 4 is 29.2 Å². The van der Waals surface area contributed by atoms with E-state index >= 15 is 0 Å². The van der Waals surface area contributed by atoms with Crippen molar-refractivity contribution in [1.82, 2.24) is 0 Å². The molecular formula is C17H17ClN3O3-. The normalized spacial score (nSPS) is 10.9. The molecule has 0 aliphatic rings. The summed E-state index contributed by atoms with van der Waals surface area (Å²) < 4.78 is 0. The van der Waals surface area contributed by atoms with Crippen LogP contribution in [0, 0.1) is 10.1 Å². The zero-order chi connectivity index (χ0) is 17.5. The van der Waals surface area contributed by atoms with Gasteiger partial charge < -0.3 is 10.0 Å². The Kier molecular flexibility index (Phi) is 6.14. The smallest absolute Gasteiger partial charge is 0.263 e. The average Bonchev–Trinajstić information content (AvgIpc) is 2.57. The number of benzene rings is 2. The molecule has 2 rings (SSSR count). The predicted octanol–water partition coefficient (Wildman–Crippen LogP) is 3.27. The highest BCUT2D eigenvalue weighted by Gasteiger charge is 2.11. The van der Waals surface area contributed by atoms with Crippen molar-refractivity contribution in [1.29, 1.82) is 0 Å². The number of nitro benzene ring substituents is 1. The Hall–Kier alpha value is -2.60. The molecule has 0 amide bonds. The van der Waals surface area contributed by atoms with Gasteiger partial charge in [0.25, 0.3) is 5.69 Å². The zero-order valence-electron chi connectivity index (χ0n) is 13.2. The number of nitro groups is 1. The monoisotopic (exact) mass is 346 g/mol. The lowest BCUT2D eigenvalue weighted by atomic mass is 10.2. The van der Waals surface area contributed by atoms with Crippen molar-refractivity contribution in [3.05, 3.63) is 63.2 Å². The van der Waals surface area contributed by atoms with Crippen LogP contribution in [-0.2, 0) is 0 Å². The van der Waals surface area contributed by atoms with Crippen molar-refractivity contribution in [3.63, 3.8) is 0 Å². The van der Waals surface area contributed by atoms with Crippen LogP contribution < -0.4 is 10.0 Å². The van der Waals surface area contributed by atoms with Crippen LogP contribution >= 0.6 is 11.6 Å². The summed E-state index contributed by atoms with van der Waals surface area (Å²) in [5, 5.41) is 22.9. The van der Waals surface area contributed by atoms with E-state index in [2.05, 4.69) is 9.89 Å². The van der Waals surface area contributed by atoms with E-state index < -0.39 is 16.4 Å². The summed E-state index contributed by atoms with van der Waals surface area (Å²) in [5.41, 5.74) is 0.715. The maximum Gasteiger partial charge on any atom is 0.263 e. The van der Waals surface area contributed by atoms with Gasteiger partial charge in [0.1, 0.15) is 0 Å². The highest BCUT2D eigenvalue weighted by atomic mass is 35.5. The summed E-state index contributed by atoms with van der Waals surface area (Å²) >= 11 is 5.80. The third kappa shape index (κ3) is 4.70. The Bertz CT molecular complexity index is 735. The van der Waals surface area contributed by atoms with Gasteiger partial charge in [-0.1, -0.05) is 29.8 Å². The summed E-state index contributed by atoms with van der Waals surface area (Å²) in [5.74, 6) is -0.672. The van der Waals surface area contributed by atoms with Crippen LogP contribution in [0.1, 0.15) is 12.0 Å². The van der Waals surface area contributed by atoms with Crippen molar-refractivity contribution in [3.8, 4) is 5.75 Å². The van der Waals surface area contributed by atoms with Crippen molar-refractivity contribution < 1.29 is 10.0 Å². The standard InChI is InChI=1S/C17H18ClN3O3/c1-20(15-6-3-2-4-7-15)9-5-8-19-12-13-10-14(18)11-16(17(13)22)21(23)24/h2-4,6-7,10-12,22H,5,8-9H2,1H3/p-1. The van der Waals surface area contributed by atoms with Crippen molar-refractivity contribution in [2.75, 3.05) is 25.0 Å². The molecule has 0 heterocycles. The first-order chi connectivity index (χ1) is 11.5. The van der Waals surface area contributed by atoms with E-state index in [-0.39, 0.29) is 10.6 Å². The molecule has 0 fully saturated rings. The second kappa shape index (κ2) is 8.31. The van der Waals surface area contributed by atoms with Crippen LogP contribution in [0.15, 0.2) is 47.5 Å². The fourth-order valence-electron chi connectivity index (χ4n) is 2.20. The molecular weight excluding hydrogens is 330 g/mol. The number of rotatable bonds is 7. The molecule has 6 nitrogen and oxygen atoms in total. The largest absolute Gasteiger partial charge is 0.867 e. The Balaban J connectivity index is 1.92. The molecule has 2 aromatic carbocycles. The first kappa shape index (κ1) is 17.7. The number of hydrogen-bond acceptors (Lipinski definition) is 5. The maximum atomic E-state index is 11.9. The molecule has 0 saturated heterocycles. The van der Waals surface area contributed by atoms with Gasteiger partial charge in [0.05, 0.1) is 4.92 Å². The first-order valence-electron chi connectivity index (χ1n) is 7.40. The van der Waals surface area contributed by atoms with Crippen LogP contribution in [0.2, 0.25) is 5.02 Å². The number of aliphatic imine (C=N–C) groups is 1. The molecule has 0 bridgehead atoms. The molecule has 24 heavy (non-hydrogen) atoms. The van der Waals surface area contributed by atoms with Crippen molar-refractivity contribution in [2.45, 2.75) is 6.42 Å². The molecule has 0 unspecified atom stereocenters. The van der Waals surface area contributed by atoms with Crippen LogP contribution in [0.3, 0.4) is 0 Å². The minimum Gasteiger partial charge on any atom is -0.867 e. The minimum atomic E-state index is -0.736. The van der Waals surface area contributed by atoms with Crippen molar-refractivity contribution in [2.24, 2.45) is 4.99 Å². The van der Waals surface area contributed by atoms with Gasteiger partial charge in [-0.2, -0.15) is 0 Å². The van der Waals surface area contributed by atoms with Gasteiger partial charge in [0, 0.05) is 43.1 Å². The molecule has 0 N–H and O–H groups in total. The van der Waals surface area contributed by atoms with Gasteiger partial charge in [-0.05, 0) is 35.9 Å². The molecule has 0 aliphatic heterocycles. The van der Waals surface area contributed by atoms with Gasteiger partial charge >= 0.3 is 0 Å². The van der Waals surface area contributed by atoms with Gasteiger partial charge in [0.2, 0.25) is 0 Å². The van der Waals surface area contributed by atoms with Crippen LogP contribution in [0.4, 0.5) is 11.4 Å². The second-order valence-corrected chi connectivity index (χ2v) is 5.68. The Labute approximate surface area is 145 Å². The molecule has 0 saturated carbocycles. The molecule has 7 heteroatoms. The lowest BCUT2D eigenvalue weighted by molar-refractivity contribution is -0.398. The molecule has 0 aliphatic carbocycles. The fraction of sp³-hybridized carbons (Fsp3) is 0.235. The second-order valence-electron chi connectivity index (χ2n) is 5.25. The third-order valence-corrected chi connectivity index (χ3v) is 3.69. The molecule has 0 radical (unpaired) electrons. The van der Waals surface area contributed by atoms with E-state index in [1.165, 1.54) is 12.3 Å². The quantitative estimate of drug-likeness (QED) is 0.333. The topological polar surface area (TPSA) is 81.8 Å². The molecule has 0 aromatic heterocycles. The van der Waals surface area contributed by atoms with Gasteiger partial charge in [-0.15, -0.1) is 0 Å². The Morgan fingerprint density at radius 3 is 2.67 bits per heavy atom. The van der Waals surface area contributed by atoms with E-state index in [4.69, 9.17) is 11.6 Å². The minimum absolute atomic E-state index is 0.130. The van der Waals surface area contributed by atoms with E-state index in [1.807, 2.05) is 37.4 Å². The summed E-state index contributed by atoms with van der Waals surface area (Å²) in [6, 6.07) is 12.4. The Morgan fingerprint density at radius 1 is 1.29 bits per heavy atom. The summed E-state index contributed by atoms with van der Waals surface area (Å²) in [6.45, 7) is 1.32. The number of nitrogens with zero attached hydrogens (tertiary/aromatic N) is 3. The highest BCUT2D eigenvalue weighted by Crippen LogP contribution is 2.29. The van der Waals surface area contributed by atoms with Gasteiger partial charge in [-0.3, -0.25) is 15.1 Å². The first-order valence-corrected chi connectivity index (χ1v) is 7.78. The predicted molar refractivity (Wildman–Crippen MR) is 94.3 cm³/mol. The van der Waals surface area contributed by atoms with Crippen LogP contribution in [-0.4, -0.2) is 31.3 Å². The molecule has 126 valence electrons. The zero-order valence-corrected chi connectivity index (χ0v) is 13.9. The maximum absolute atomic E-state index is 11.9. The third-order valence-electron chi connectivity index (χ3n) is 3.47. The van der Waals surface area contributed by atoms with Crippen LogP contribution in [0.25, 0.3) is 0 Å². The Morgan fingerprint density at radius 2 is 2.00 bits per heavy atom. The molecule has 0 atom stereocenters. The molecule has 0 spiro atoms. The number of para-hydroxylation sites is 1. The SMILES string of the molecule is CN(CCCN=Cc1cc(Cl)cc([N+](=O)[O-])c1[O-])c1ccccc1. The van der Waals surface area contributed by atoms with Crippen LogP contribution in [0.5, 0.6) is 5.75 Å². The van der Waals surface area contributed by atoms with E-state index in [0.717, 1.165) is 24.7 Å². The molecule has 2 aromatic rings. The van der Waals surface area contributed by atoms with E-state index in [1.54, 1.807) is 0 Å². The van der Waals surface area contributed by atoms with E-state index in [0.29, 0.717) is 6.54 Å². The van der Waals surface area contributed by atoms with Gasteiger partial charge in [-0.25, -0.2) is 0 Å². The number of halogens is 1. The summed E-state index contributed by atoms with van der Waals surface area (Å²) in [6.07, 6.45) is 2.14. The lowest BCUT2D eigenvalue weighted by Crippen LogP contribution is -2.18. The lowest BCUT2D eigenvalue weighted by Gasteiger charge is -2.18. The average molecular weight is 347 g/mol. The number of hydrogen-bond donors (Lipinski definition) is 0. The summed E-state index contributed by atoms with van der Waals surface area (Å²) in [7, 11) is 2.00.